The molecule has 1 aliphatic heterocycles. The Balaban J connectivity index is 1.66. The van der Waals surface area contributed by atoms with Gasteiger partial charge in [0.15, 0.2) is 6.29 Å². The van der Waals surface area contributed by atoms with Gasteiger partial charge in [-0.2, -0.15) is 5.10 Å². The maximum Gasteiger partial charge on any atom is 0.157 e. The van der Waals surface area contributed by atoms with Crippen LogP contribution in [0, 0.1) is 0 Å². The highest BCUT2D eigenvalue weighted by Gasteiger charge is 2.13. The van der Waals surface area contributed by atoms with E-state index in [9.17, 15) is 0 Å². The third-order valence-electron chi connectivity index (χ3n) is 2.63. The number of hydrogen-bond donors (Lipinski definition) is 1. The molecule has 5 heteroatoms. The largest absolute Gasteiger partial charge is 0.392 e. The smallest absolute Gasteiger partial charge is 0.157 e. The maximum absolute atomic E-state index is 8.88. The number of ether oxygens (including phenoxy) is 2. The van der Waals surface area contributed by atoms with Crippen molar-refractivity contribution in [1.82, 2.24) is 9.78 Å². The van der Waals surface area contributed by atoms with Crippen molar-refractivity contribution in [3.05, 3.63) is 18.0 Å². The van der Waals surface area contributed by atoms with E-state index in [1.165, 1.54) is 6.42 Å². The molecule has 1 fully saturated rings. The van der Waals surface area contributed by atoms with E-state index in [4.69, 9.17) is 14.6 Å². The van der Waals surface area contributed by atoms with Gasteiger partial charge in [0.1, 0.15) is 0 Å². The van der Waals surface area contributed by atoms with E-state index in [1.54, 1.807) is 10.9 Å². The van der Waals surface area contributed by atoms with Gasteiger partial charge in [0.25, 0.3) is 0 Å². The monoisotopic (exact) mass is 226 g/mol. The van der Waals surface area contributed by atoms with Crippen molar-refractivity contribution < 1.29 is 14.6 Å². The lowest BCUT2D eigenvalue weighted by atomic mass is 10.2. The fourth-order valence-electron chi connectivity index (χ4n) is 1.73. The van der Waals surface area contributed by atoms with Gasteiger partial charge in [-0.05, 0) is 19.3 Å². The van der Waals surface area contributed by atoms with Gasteiger partial charge >= 0.3 is 0 Å². The third-order valence-corrected chi connectivity index (χ3v) is 2.63. The molecule has 1 aliphatic rings. The molecule has 16 heavy (non-hydrogen) atoms. The Morgan fingerprint density at radius 1 is 1.56 bits per heavy atom. The lowest BCUT2D eigenvalue weighted by Crippen LogP contribution is -2.24. The molecule has 0 radical (unpaired) electrons. The zero-order valence-electron chi connectivity index (χ0n) is 9.34. The van der Waals surface area contributed by atoms with Gasteiger partial charge in [-0.15, -0.1) is 0 Å². The fraction of sp³-hybridized carbons (Fsp3) is 0.727. The zero-order chi connectivity index (χ0) is 11.2. The third kappa shape index (κ3) is 3.30. The Morgan fingerprint density at radius 3 is 3.19 bits per heavy atom. The number of hydrogen-bond acceptors (Lipinski definition) is 4. The van der Waals surface area contributed by atoms with Crippen LogP contribution in [0.25, 0.3) is 0 Å². The highest BCUT2D eigenvalue weighted by atomic mass is 16.7. The van der Waals surface area contributed by atoms with Crippen molar-refractivity contribution >= 4 is 0 Å². The predicted molar refractivity (Wildman–Crippen MR) is 57.7 cm³/mol. The van der Waals surface area contributed by atoms with Crippen molar-refractivity contribution in [3.63, 3.8) is 0 Å². The second-order valence-corrected chi connectivity index (χ2v) is 3.94. The summed E-state index contributed by atoms with van der Waals surface area (Å²) in [6, 6.07) is 0. The van der Waals surface area contributed by atoms with Crippen LogP contribution in [0.2, 0.25) is 0 Å². The van der Waals surface area contributed by atoms with Crippen LogP contribution in [0.5, 0.6) is 0 Å². The van der Waals surface area contributed by atoms with Gasteiger partial charge in [-0.3, -0.25) is 4.68 Å². The molecule has 2 heterocycles. The second kappa shape index (κ2) is 5.98. The van der Waals surface area contributed by atoms with E-state index in [0.29, 0.717) is 13.2 Å². The second-order valence-electron chi connectivity index (χ2n) is 3.94. The Morgan fingerprint density at radius 2 is 2.50 bits per heavy atom. The molecule has 0 aliphatic carbocycles. The summed E-state index contributed by atoms with van der Waals surface area (Å²) in [5.74, 6) is 0. The quantitative estimate of drug-likeness (QED) is 0.811. The molecule has 0 saturated carbocycles. The molecule has 1 aromatic rings. The molecular weight excluding hydrogens is 208 g/mol. The molecule has 1 aromatic heterocycles. The van der Waals surface area contributed by atoms with Crippen molar-refractivity contribution in [2.75, 3.05) is 13.2 Å². The average molecular weight is 226 g/mol. The van der Waals surface area contributed by atoms with Crippen LogP contribution in [0.3, 0.4) is 0 Å². The zero-order valence-corrected chi connectivity index (χ0v) is 9.34. The first-order valence-electron chi connectivity index (χ1n) is 5.74. The van der Waals surface area contributed by atoms with Crippen molar-refractivity contribution in [1.29, 1.82) is 0 Å². The summed E-state index contributed by atoms with van der Waals surface area (Å²) >= 11 is 0. The molecule has 1 N–H and O–H groups in total. The summed E-state index contributed by atoms with van der Waals surface area (Å²) in [7, 11) is 0. The predicted octanol–water partition coefficient (Wildman–Crippen LogP) is 0.919. The van der Waals surface area contributed by atoms with Gasteiger partial charge in [0, 0.05) is 18.4 Å². The number of aliphatic hydroxyl groups is 1. The minimum absolute atomic E-state index is 0.0343. The van der Waals surface area contributed by atoms with Crippen LogP contribution in [0.4, 0.5) is 0 Å². The summed E-state index contributed by atoms with van der Waals surface area (Å²) < 4.78 is 12.8. The maximum atomic E-state index is 8.88. The number of nitrogens with zero attached hydrogens (tertiary/aromatic N) is 2. The van der Waals surface area contributed by atoms with Gasteiger partial charge < -0.3 is 14.6 Å². The minimum atomic E-state index is -0.0402. The first kappa shape index (κ1) is 11.6. The summed E-state index contributed by atoms with van der Waals surface area (Å²) in [6.45, 7) is 2.13. The molecule has 5 nitrogen and oxygen atoms in total. The highest BCUT2D eigenvalue weighted by Crippen LogP contribution is 2.13. The normalized spacial score (nSPS) is 21.2. The SMILES string of the molecule is OCc1cnn(CCOC2CCCCO2)c1. The van der Waals surface area contributed by atoms with E-state index in [0.717, 1.165) is 25.0 Å². The molecule has 0 amide bonds. The Hall–Kier alpha value is -0.910. The standard InChI is InChI=1S/C11H18N2O3/c14-9-10-7-12-13(8-10)4-6-16-11-3-1-2-5-15-11/h7-8,11,14H,1-6,9H2. The number of aliphatic hydroxyl groups excluding tert-OH is 1. The van der Waals surface area contributed by atoms with E-state index in [2.05, 4.69) is 5.10 Å². The molecule has 1 unspecified atom stereocenters. The van der Waals surface area contributed by atoms with Crippen molar-refractivity contribution in [3.8, 4) is 0 Å². The van der Waals surface area contributed by atoms with Gasteiger partial charge in [0.05, 0.1) is 26.0 Å². The highest BCUT2D eigenvalue weighted by molar-refractivity contribution is 5.01. The Kier molecular flexibility index (Phi) is 4.33. The topological polar surface area (TPSA) is 56.5 Å². The average Bonchev–Trinajstić information content (AvgIpc) is 2.78. The lowest BCUT2D eigenvalue weighted by molar-refractivity contribution is -0.163. The van der Waals surface area contributed by atoms with Crippen LogP contribution < -0.4 is 0 Å². The number of rotatable bonds is 5. The first-order chi connectivity index (χ1) is 7.88. The van der Waals surface area contributed by atoms with Gasteiger partial charge in [0.2, 0.25) is 0 Å². The molecule has 0 bridgehead atoms. The summed E-state index contributed by atoms with van der Waals surface area (Å²) in [4.78, 5) is 0. The van der Waals surface area contributed by atoms with Crippen LogP contribution in [-0.4, -0.2) is 34.4 Å². The Labute approximate surface area is 95.0 Å². The molecule has 1 saturated heterocycles. The van der Waals surface area contributed by atoms with E-state index >= 15 is 0 Å². The van der Waals surface area contributed by atoms with E-state index in [-0.39, 0.29) is 12.9 Å². The molecule has 2 rings (SSSR count). The van der Waals surface area contributed by atoms with E-state index < -0.39 is 0 Å². The molecule has 90 valence electrons. The molecular formula is C11H18N2O3. The lowest BCUT2D eigenvalue weighted by Gasteiger charge is -2.22. The molecule has 0 spiro atoms. The fourth-order valence-corrected chi connectivity index (χ4v) is 1.73. The summed E-state index contributed by atoms with van der Waals surface area (Å²) in [5.41, 5.74) is 0.828. The Bertz CT molecular complexity index is 308. The summed E-state index contributed by atoms with van der Waals surface area (Å²) in [6.07, 6.45) is 6.75. The van der Waals surface area contributed by atoms with Crippen LogP contribution in [0.15, 0.2) is 12.4 Å². The van der Waals surface area contributed by atoms with Gasteiger partial charge in [-0.25, -0.2) is 0 Å². The minimum Gasteiger partial charge on any atom is -0.392 e. The summed E-state index contributed by atoms with van der Waals surface area (Å²) in [5, 5.41) is 13.0. The first-order valence-corrected chi connectivity index (χ1v) is 5.74. The van der Waals surface area contributed by atoms with Crippen LogP contribution in [0.1, 0.15) is 24.8 Å². The van der Waals surface area contributed by atoms with Crippen molar-refractivity contribution in [2.45, 2.75) is 38.7 Å². The van der Waals surface area contributed by atoms with Crippen LogP contribution >= 0.6 is 0 Å². The van der Waals surface area contributed by atoms with Crippen molar-refractivity contribution in [2.24, 2.45) is 0 Å². The number of aromatic nitrogens is 2. The van der Waals surface area contributed by atoms with Gasteiger partial charge in [-0.1, -0.05) is 0 Å². The molecule has 1 atom stereocenters. The van der Waals surface area contributed by atoms with Crippen LogP contribution in [-0.2, 0) is 22.6 Å². The van der Waals surface area contributed by atoms with E-state index in [1.807, 2.05) is 6.20 Å². The molecule has 0 aromatic carbocycles.